The zero-order valence-electron chi connectivity index (χ0n) is 15.7. The number of anilines is 1. The highest BCUT2D eigenvalue weighted by Gasteiger charge is 2.34. The second-order valence-electron chi connectivity index (χ2n) is 6.09. The number of carbonyl (C=O) groups is 2. The molecule has 1 heterocycles. The van der Waals surface area contributed by atoms with Crippen LogP contribution in [0.1, 0.15) is 42.6 Å². The van der Waals surface area contributed by atoms with Crippen LogP contribution in [0, 0.1) is 0 Å². The van der Waals surface area contributed by atoms with Crippen molar-refractivity contribution < 1.29 is 9.59 Å². The molecule has 0 bridgehead atoms. The van der Waals surface area contributed by atoms with Crippen LogP contribution in [0.15, 0.2) is 48.5 Å². The Hall–Kier alpha value is -2.53. The number of nitrogen functional groups attached to an aromatic ring is 1. The highest BCUT2D eigenvalue weighted by molar-refractivity contribution is 6.30. The van der Waals surface area contributed by atoms with Gasteiger partial charge in [0.15, 0.2) is 0 Å². The molecule has 1 aliphatic rings. The van der Waals surface area contributed by atoms with Crippen LogP contribution in [-0.4, -0.2) is 29.3 Å². The standard InChI is InChI=1S/C19H20ClN3O2.C2H6/c20-14-9-7-13(8-10-14)12-22-18(24)17-6-3-11-23(17)19(25)15-4-1-2-5-16(15)21;1-2/h1-2,4-5,7-10,17H,3,6,11-12,21H2,(H,22,24);1-2H3. The number of para-hydroxylation sites is 1. The third kappa shape index (κ3) is 5.23. The smallest absolute Gasteiger partial charge is 0.256 e. The van der Waals surface area contributed by atoms with Crippen molar-refractivity contribution in [1.29, 1.82) is 0 Å². The van der Waals surface area contributed by atoms with E-state index in [1.165, 1.54) is 0 Å². The first-order valence-corrected chi connectivity index (χ1v) is 9.61. The lowest BCUT2D eigenvalue weighted by Crippen LogP contribution is -2.45. The van der Waals surface area contributed by atoms with E-state index in [1.807, 2.05) is 26.0 Å². The fourth-order valence-electron chi connectivity index (χ4n) is 3.04. The van der Waals surface area contributed by atoms with Gasteiger partial charge in [0, 0.05) is 23.8 Å². The summed E-state index contributed by atoms with van der Waals surface area (Å²) in [7, 11) is 0. The molecule has 1 saturated heterocycles. The molecule has 0 radical (unpaired) electrons. The maximum absolute atomic E-state index is 12.7. The van der Waals surface area contributed by atoms with Crippen LogP contribution >= 0.6 is 11.6 Å². The molecule has 0 aliphatic carbocycles. The molecule has 2 aromatic carbocycles. The van der Waals surface area contributed by atoms with Gasteiger partial charge in [-0.15, -0.1) is 0 Å². The van der Waals surface area contributed by atoms with E-state index in [-0.39, 0.29) is 11.8 Å². The molecule has 0 saturated carbocycles. The Morgan fingerprint density at radius 1 is 1.15 bits per heavy atom. The number of amides is 2. The second kappa shape index (κ2) is 9.97. The van der Waals surface area contributed by atoms with E-state index in [9.17, 15) is 9.59 Å². The Morgan fingerprint density at radius 2 is 1.81 bits per heavy atom. The maximum atomic E-state index is 12.7. The van der Waals surface area contributed by atoms with Crippen molar-refractivity contribution in [2.24, 2.45) is 0 Å². The summed E-state index contributed by atoms with van der Waals surface area (Å²) in [5.74, 6) is -0.336. The van der Waals surface area contributed by atoms with Crippen LogP contribution < -0.4 is 11.1 Å². The van der Waals surface area contributed by atoms with Crippen LogP contribution in [0.25, 0.3) is 0 Å². The number of nitrogens with one attached hydrogen (secondary N) is 1. The normalized spacial score (nSPS) is 15.7. The molecule has 3 N–H and O–H groups in total. The number of nitrogens with two attached hydrogens (primary N) is 1. The molecule has 1 atom stereocenters. The van der Waals surface area contributed by atoms with Crippen molar-refractivity contribution in [3.8, 4) is 0 Å². The van der Waals surface area contributed by atoms with Gasteiger partial charge in [0.2, 0.25) is 5.91 Å². The third-order valence-corrected chi connectivity index (χ3v) is 4.64. The van der Waals surface area contributed by atoms with E-state index in [1.54, 1.807) is 41.3 Å². The molecule has 1 aliphatic heterocycles. The largest absolute Gasteiger partial charge is 0.398 e. The Kier molecular flexibility index (Phi) is 7.67. The molecular formula is C21H26ClN3O2. The summed E-state index contributed by atoms with van der Waals surface area (Å²) in [6, 6.07) is 13.8. The van der Waals surface area contributed by atoms with E-state index in [2.05, 4.69) is 5.32 Å². The SMILES string of the molecule is CC.Nc1ccccc1C(=O)N1CCCC1C(=O)NCc1ccc(Cl)cc1. The van der Waals surface area contributed by atoms with Gasteiger partial charge in [-0.3, -0.25) is 9.59 Å². The summed E-state index contributed by atoms with van der Waals surface area (Å²) in [5.41, 5.74) is 7.73. The van der Waals surface area contributed by atoms with Crippen molar-refractivity contribution in [1.82, 2.24) is 10.2 Å². The van der Waals surface area contributed by atoms with Crippen molar-refractivity contribution >= 4 is 29.1 Å². The lowest BCUT2D eigenvalue weighted by atomic mass is 10.1. The van der Waals surface area contributed by atoms with Gasteiger partial charge < -0.3 is 16.0 Å². The number of rotatable bonds is 4. The lowest BCUT2D eigenvalue weighted by molar-refractivity contribution is -0.125. The van der Waals surface area contributed by atoms with Crippen molar-refractivity contribution in [3.63, 3.8) is 0 Å². The third-order valence-electron chi connectivity index (χ3n) is 4.39. The molecule has 144 valence electrons. The van der Waals surface area contributed by atoms with Crippen LogP contribution in [0.3, 0.4) is 0 Å². The Morgan fingerprint density at radius 3 is 2.48 bits per heavy atom. The predicted octanol–water partition coefficient (Wildman–Crippen LogP) is 3.87. The molecule has 2 amide bonds. The van der Waals surface area contributed by atoms with Crippen LogP contribution in [0.5, 0.6) is 0 Å². The zero-order chi connectivity index (χ0) is 19.8. The van der Waals surface area contributed by atoms with Gasteiger partial charge in [0.05, 0.1) is 5.56 Å². The highest BCUT2D eigenvalue weighted by atomic mass is 35.5. The van der Waals surface area contributed by atoms with E-state index in [0.717, 1.165) is 12.0 Å². The van der Waals surface area contributed by atoms with E-state index in [0.29, 0.717) is 35.8 Å². The zero-order valence-corrected chi connectivity index (χ0v) is 16.5. The summed E-state index contributed by atoms with van der Waals surface area (Å²) < 4.78 is 0. The minimum Gasteiger partial charge on any atom is -0.398 e. The molecular weight excluding hydrogens is 362 g/mol. The summed E-state index contributed by atoms with van der Waals surface area (Å²) >= 11 is 5.86. The molecule has 2 aromatic rings. The maximum Gasteiger partial charge on any atom is 0.256 e. The molecule has 6 heteroatoms. The van der Waals surface area contributed by atoms with E-state index >= 15 is 0 Å². The van der Waals surface area contributed by atoms with Crippen LogP contribution in [0.4, 0.5) is 5.69 Å². The number of hydrogen-bond acceptors (Lipinski definition) is 3. The van der Waals surface area contributed by atoms with Gasteiger partial charge in [-0.2, -0.15) is 0 Å². The minimum absolute atomic E-state index is 0.143. The fourth-order valence-corrected chi connectivity index (χ4v) is 3.16. The first kappa shape index (κ1) is 20.8. The van der Waals surface area contributed by atoms with Gasteiger partial charge >= 0.3 is 0 Å². The van der Waals surface area contributed by atoms with Gasteiger partial charge in [0.1, 0.15) is 6.04 Å². The second-order valence-corrected chi connectivity index (χ2v) is 6.52. The number of hydrogen-bond donors (Lipinski definition) is 2. The lowest BCUT2D eigenvalue weighted by Gasteiger charge is -2.24. The van der Waals surface area contributed by atoms with Crippen LogP contribution in [0.2, 0.25) is 5.02 Å². The van der Waals surface area contributed by atoms with E-state index < -0.39 is 6.04 Å². The predicted molar refractivity (Wildman–Crippen MR) is 110 cm³/mol. The van der Waals surface area contributed by atoms with Gasteiger partial charge in [0.25, 0.3) is 5.91 Å². The van der Waals surface area contributed by atoms with Crippen molar-refractivity contribution in [2.75, 3.05) is 12.3 Å². The average molecular weight is 388 g/mol. The topological polar surface area (TPSA) is 75.4 Å². The summed E-state index contributed by atoms with van der Waals surface area (Å²) in [5, 5.41) is 3.56. The molecule has 27 heavy (non-hydrogen) atoms. The first-order valence-electron chi connectivity index (χ1n) is 9.24. The number of carbonyl (C=O) groups excluding carboxylic acids is 2. The number of halogens is 1. The quantitative estimate of drug-likeness (QED) is 0.782. The number of nitrogens with zero attached hydrogens (tertiary/aromatic N) is 1. The molecule has 1 fully saturated rings. The Labute approximate surface area is 165 Å². The monoisotopic (exact) mass is 387 g/mol. The van der Waals surface area contributed by atoms with Gasteiger partial charge in [-0.1, -0.05) is 49.7 Å². The Bertz CT molecular complexity index is 777. The Balaban J connectivity index is 0.00000126. The summed E-state index contributed by atoms with van der Waals surface area (Å²) in [6.07, 6.45) is 1.46. The number of likely N-dealkylation sites (tertiary alicyclic amines) is 1. The molecule has 3 rings (SSSR count). The average Bonchev–Trinajstić information content (AvgIpc) is 3.19. The molecule has 5 nitrogen and oxygen atoms in total. The van der Waals surface area contributed by atoms with E-state index in [4.69, 9.17) is 17.3 Å². The molecule has 0 aromatic heterocycles. The fraction of sp³-hybridized carbons (Fsp3) is 0.333. The van der Waals surface area contributed by atoms with Crippen molar-refractivity contribution in [3.05, 3.63) is 64.7 Å². The minimum atomic E-state index is -0.459. The van der Waals surface area contributed by atoms with Crippen LogP contribution in [-0.2, 0) is 11.3 Å². The molecule has 0 spiro atoms. The van der Waals surface area contributed by atoms with Crippen molar-refractivity contribution in [2.45, 2.75) is 39.3 Å². The summed E-state index contributed by atoms with van der Waals surface area (Å²) in [6.45, 7) is 4.97. The van der Waals surface area contributed by atoms with Gasteiger partial charge in [-0.25, -0.2) is 0 Å². The summed E-state index contributed by atoms with van der Waals surface area (Å²) in [4.78, 5) is 26.9. The highest BCUT2D eigenvalue weighted by Crippen LogP contribution is 2.23. The molecule has 1 unspecified atom stereocenters. The number of benzene rings is 2. The van der Waals surface area contributed by atoms with Gasteiger partial charge in [-0.05, 0) is 42.7 Å². The first-order chi connectivity index (χ1) is 13.1.